The molecule has 5 heteroatoms. The molecule has 4 nitrogen and oxygen atoms in total. The minimum atomic E-state index is -3.40. The zero-order chi connectivity index (χ0) is 14.5. The monoisotopic (exact) mass is 285 g/mol. The van der Waals surface area contributed by atoms with Gasteiger partial charge in [0.15, 0.2) is 0 Å². The molecule has 0 saturated carbocycles. The molecule has 1 aromatic rings. The van der Waals surface area contributed by atoms with E-state index in [9.17, 15) is 8.42 Å². The first-order chi connectivity index (χ1) is 8.89. The number of hydrogen-bond acceptors (Lipinski definition) is 3. The van der Waals surface area contributed by atoms with Crippen LogP contribution in [0.3, 0.4) is 0 Å². The standard InChI is InChI=1S/C14H23NO3S/c1-12-7-8-14(13(2)11-12)19(17,18)15(3)9-5-4-6-10-16/h7-8,11,16H,4-6,9-10H2,1-3H3. The van der Waals surface area contributed by atoms with Crippen LogP contribution < -0.4 is 0 Å². The van der Waals surface area contributed by atoms with Crippen molar-refractivity contribution < 1.29 is 13.5 Å². The summed E-state index contributed by atoms with van der Waals surface area (Å²) in [5, 5.41) is 8.70. The molecule has 0 aliphatic rings. The zero-order valence-electron chi connectivity index (χ0n) is 11.9. The van der Waals surface area contributed by atoms with E-state index in [1.54, 1.807) is 13.1 Å². The summed E-state index contributed by atoms with van der Waals surface area (Å²) in [4.78, 5) is 0.378. The lowest BCUT2D eigenvalue weighted by atomic mass is 10.2. The third kappa shape index (κ3) is 4.30. The summed E-state index contributed by atoms with van der Waals surface area (Å²) < 4.78 is 26.2. The second kappa shape index (κ2) is 7.03. The van der Waals surface area contributed by atoms with Crippen LogP contribution in [0.2, 0.25) is 0 Å². The summed E-state index contributed by atoms with van der Waals surface area (Å²) in [6.45, 7) is 4.41. The zero-order valence-corrected chi connectivity index (χ0v) is 12.7. The molecule has 0 radical (unpaired) electrons. The van der Waals surface area contributed by atoms with Gasteiger partial charge in [-0.3, -0.25) is 0 Å². The molecule has 0 aromatic heterocycles. The van der Waals surface area contributed by atoms with Gasteiger partial charge in [0.1, 0.15) is 0 Å². The number of unbranched alkanes of at least 4 members (excludes halogenated alkanes) is 2. The number of hydrogen-bond donors (Lipinski definition) is 1. The van der Waals surface area contributed by atoms with E-state index >= 15 is 0 Å². The number of aliphatic hydroxyl groups excluding tert-OH is 1. The largest absolute Gasteiger partial charge is 0.396 e. The Balaban J connectivity index is 2.79. The normalized spacial score (nSPS) is 12.1. The number of sulfonamides is 1. The Morgan fingerprint density at radius 3 is 2.42 bits per heavy atom. The topological polar surface area (TPSA) is 57.6 Å². The summed E-state index contributed by atoms with van der Waals surface area (Å²) in [6, 6.07) is 5.37. The van der Waals surface area contributed by atoms with Crippen LogP contribution >= 0.6 is 0 Å². The van der Waals surface area contributed by atoms with Gasteiger partial charge in [0.25, 0.3) is 0 Å². The first kappa shape index (κ1) is 16.1. The maximum atomic E-state index is 12.4. The highest BCUT2D eigenvalue weighted by atomic mass is 32.2. The highest BCUT2D eigenvalue weighted by molar-refractivity contribution is 7.89. The summed E-state index contributed by atoms with van der Waals surface area (Å²) in [5.74, 6) is 0. The van der Waals surface area contributed by atoms with Crippen molar-refractivity contribution in [1.82, 2.24) is 4.31 Å². The number of nitrogens with zero attached hydrogens (tertiary/aromatic N) is 1. The van der Waals surface area contributed by atoms with Gasteiger partial charge in [0, 0.05) is 20.2 Å². The molecule has 108 valence electrons. The van der Waals surface area contributed by atoms with Crippen molar-refractivity contribution in [3.05, 3.63) is 29.3 Å². The van der Waals surface area contributed by atoms with Gasteiger partial charge in [0.2, 0.25) is 10.0 Å². The van der Waals surface area contributed by atoms with Crippen molar-refractivity contribution >= 4 is 10.0 Å². The molecule has 0 unspecified atom stereocenters. The Bertz CT molecular complexity index is 511. The fourth-order valence-electron chi connectivity index (χ4n) is 2.00. The van der Waals surface area contributed by atoms with Crippen molar-refractivity contribution in [3.63, 3.8) is 0 Å². The average molecular weight is 285 g/mol. The lowest BCUT2D eigenvalue weighted by Gasteiger charge is -2.18. The van der Waals surface area contributed by atoms with E-state index in [-0.39, 0.29) is 6.61 Å². The molecule has 0 atom stereocenters. The van der Waals surface area contributed by atoms with Crippen molar-refractivity contribution in [2.75, 3.05) is 20.2 Å². The summed E-state index contributed by atoms with van der Waals surface area (Å²) in [6.07, 6.45) is 2.32. The van der Waals surface area contributed by atoms with Crippen LogP contribution in [0.1, 0.15) is 30.4 Å². The highest BCUT2D eigenvalue weighted by Crippen LogP contribution is 2.20. The van der Waals surface area contributed by atoms with E-state index in [2.05, 4.69) is 0 Å². The fourth-order valence-corrected chi connectivity index (χ4v) is 3.41. The molecule has 19 heavy (non-hydrogen) atoms. The van der Waals surface area contributed by atoms with Crippen molar-refractivity contribution in [2.24, 2.45) is 0 Å². The van der Waals surface area contributed by atoms with Crippen molar-refractivity contribution in [2.45, 2.75) is 38.0 Å². The molecule has 0 saturated heterocycles. The molecule has 0 amide bonds. The number of rotatable bonds is 7. The van der Waals surface area contributed by atoms with E-state index in [1.165, 1.54) is 4.31 Å². The Morgan fingerprint density at radius 2 is 1.84 bits per heavy atom. The molecule has 0 aliphatic heterocycles. The predicted octanol–water partition coefficient (Wildman–Crippen LogP) is 2.09. The van der Waals surface area contributed by atoms with E-state index in [4.69, 9.17) is 5.11 Å². The molecule has 0 fully saturated rings. The van der Waals surface area contributed by atoms with Crippen LogP contribution in [0.25, 0.3) is 0 Å². The van der Waals surface area contributed by atoms with E-state index in [0.717, 1.165) is 30.4 Å². The molecule has 0 spiro atoms. The molecule has 1 N–H and O–H groups in total. The third-order valence-electron chi connectivity index (χ3n) is 3.15. The van der Waals surface area contributed by atoms with Gasteiger partial charge >= 0.3 is 0 Å². The van der Waals surface area contributed by atoms with Gasteiger partial charge < -0.3 is 5.11 Å². The predicted molar refractivity (Wildman–Crippen MR) is 76.7 cm³/mol. The summed E-state index contributed by atoms with van der Waals surface area (Å²) in [5.41, 5.74) is 1.84. The van der Waals surface area contributed by atoms with E-state index in [1.807, 2.05) is 26.0 Å². The number of aliphatic hydroxyl groups is 1. The van der Waals surface area contributed by atoms with Crippen LogP contribution in [0.4, 0.5) is 0 Å². The SMILES string of the molecule is Cc1ccc(S(=O)(=O)N(C)CCCCCO)c(C)c1. The number of benzene rings is 1. The molecule has 0 heterocycles. The second-order valence-electron chi connectivity index (χ2n) is 4.88. The minimum absolute atomic E-state index is 0.160. The van der Waals surface area contributed by atoms with Gasteiger partial charge in [-0.15, -0.1) is 0 Å². The fraction of sp³-hybridized carbons (Fsp3) is 0.571. The smallest absolute Gasteiger partial charge is 0.243 e. The van der Waals surface area contributed by atoms with Crippen molar-refractivity contribution in [3.8, 4) is 0 Å². The van der Waals surface area contributed by atoms with Crippen LogP contribution in [-0.2, 0) is 10.0 Å². The Morgan fingerprint density at radius 1 is 1.16 bits per heavy atom. The maximum absolute atomic E-state index is 12.4. The lowest BCUT2D eigenvalue weighted by Crippen LogP contribution is -2.28. The Kier molecular flexibility index (Phi) is 5.97. The van der Waals surface area contributed by atoms with Crippen LogP contribution in [0, 0.1) is 13.8 Å². The van der Waals surface area contributed by atoms with Gasteiger partial charge in [-0.1, -0.05) is 17.7 Å². The molecule has 1 rings (SSSR count). The Hall–Kier alpha value is -0.910. The molecular weight excluding hydrogens is 262 g/mol. The van der Waals surface area contributed by atoms with Crippen LogP contribution in [0.15, 0.2) is 23.1 Å². The van der Waals surface area contributed by atoms with Gasteiger partial charge in [-0.05, 0) is 44.7 Å². The lowest BCUT2D eigenvalue weighted by molar-refractivity contribution is 0.281. The summed E-state index contributed by atoms with van der Waals surface area (Å²) in [7, 11) is -1.80. The molecule has 0 aliphatic carbocycles. The van der Waals surface area contributed by atoms with Crippen LogP contribution in [0.5, 0.6) is 0 Å². The van der Waals surface area contributed by atoms with Gasteiger partial charge in [-0.25, -0.2) is 12.7 Å². The van der Waals surface area contributed by atoms with E-state index < -0.39 is 10.0 Å². The quantitative estimate of drug-likeness (QED) is 0.780. The number of aryl methyl sites for hydroxylation is 2. The van der Waals surface area contributed by atoms with E-state index in [0.29, 0.717) is 11.4 Å². The maximum Gasteiger partial charge on any atom is 0.243 e. The molecule has 1 aromatic carbocycles. The third-order valence-corrected chi connectivity index (χ3v) is 5.17. The average Bonchev–Trinajstić information content (AvgIpc) is 2.33. The van der Waals surface area contributed by atoms with Crippen molar-refractivity contribution in [1.29, 1.82) is 0 Å². The minimum Gasteiger partial charge on any atom is -0.396 e. The first-order valence-corrected chi connectivity index (χ1v) is 7.98. The second-order valence-corrected chi connectivity index (χ2v) is 6.89. The first-order valence-electron chi connectivity index (χ1n) is 6.54. The molecule has 0 bridgehead atoms. The summed E-state index contributed by atoms with van der Waals surface area (Å²) >= 11 is 0. The molecular formula is C14H23NO3S. The van der Waals surface area contributed by atoms with Gasteiger partial charge in [-0.2, -0.15) is 0 Å². The van der Waals surface area contributed by atoms with Gasteiger partial charge in [0.05, 0.1) is 4.90 Å². The Labute approximate surface area is 116 Å². The van der Waals surface area contributed by atoms with Crippen LogP contribution in [-0.4, -0.2) is 38.0 Å². The highest BCUT2D eigenvalue weighted by Gasteiger charge is 2.21.